The molecule has 2 aromatic carbocycles. The van der Waals surface area contributed by atoms with Crippen molar-refractivity contribution < 1.29 is 23.5 Å². The lowest BCUT2D eigenvalue weighted by Crippen LogP contribution is -1.99. The number of halogens is 1. The van der Waals surface area contributed by atoms with E-state index in [0.29, 0.717) is 5.56 Å². The molecule has 0 aliphatic heterocycles. The predicted octanol–water partition coefficient (Wildman–Crippen LogP) is 3.26. The summed E-state index contributed by atoms with van der Waals surface area (Å²) in [6, 6.07) is 11.4. The van der Waals surface area contributed by atoms with Gasteiger partial charge in [0.2, 0.25) is 0 Å². The molecule has 0 aromatic heterocycles. The summed E-state index contributed by atoms with van der Waals surface area (Å²) in [5.41, 5.74) is 2.24. The normalized spacial score (nSPS) is 9.86. The van der Waals surface area contributed by atoms with E-state index in [9.17, 15) is 14.0 Å². The third-order valence-corrected chi connectivity index (χ3v) is 2.94. The lowest BCUT2D eigenvalue weighted by Gasteiger charge is -2.06. The van der Waals surface area contributed by atoms with Crippen molar-refractivity contribution in [1.82, 2.24) is 0 Å². The standard InChI is InChI=1S/C17H13FO4/c1-2-17(20)21-10-12-3-5-13(6-4-12)14-7-8-16(22-11-19)15(18)9-14/h2-9,11H,1,10H2. The minimum absolute atomic E-state index is 0.119. The molecule has 0 aliphatic rings. The summed E-state index contributed by atoms with van der Waals surface area (Å²) in [6.07, 6.45) is 1.10. The maximum atomic E-state index is 13.7. The molecular formula is C17H13FO4. The molecule has 0 N–H and O–H groups in total. The summed E-state index contributed by atoms with van der Waals surface area (Å²) in [4.78, 5) is 21.2. The average Bonchev–Trinajstić information content (AvgIpc) is 2.55. The van der Waals surface area contributed by atoms with E-state index in [-0.39, 0.29) is 18.8 Å². The van der Waals surface area contributed by atoms with E-state index in [1.807, 2.05) is 0 Å². The molecule has 2 aromatic rings. The maximum absolute atomic E-state index is 13.7. The molecule has 112 valence electrons. The highest BCUT2D eigenvalue weighted by Gasteiger charge is 2.06. The van der Waals surface area contributed by atoms with Gasteiger partial charge >= 0.3 is 5.97 Å². The predicted molar refractivity (Wildman–Crippen MR) is 78.5 cm³/mol. The fraction of sp³-hybridized carbons (Fsp3) is 0.0588. The lowest BCUT2D eigenvalue weighted by molar-refractivity contribution is -0.139. The molecule has 22 heavy (non-hydrogen) atoms. The summed E-state index contributed by atoms with van der Waals surface area (Å²) >= 11 is 0. The Morgan fingerprint density at radius 2 is 1.82 bits per heavy atom. The lowest BCUT2D eigenvalue weighted by atomic mass is 10.0. The van der Waals surface area contributed by atoms with Gasteiger partial charge in [-0.25, -0.2) is 9.18 Å². The summed E-state index contributed by atoms with van der Waals surface area (Å²) in [7, 11) is 0. The molecule has 0 atom stereocenters. The fourth-order valence-corrected chi connectivity index (χ4v) is 1.83. The van der Waals surface area contributed by atoms with Crippen molar-refractivity contribution in [3.8, 4) is 16.9 Å². The van der Waals surface area contributed by atoms with Crippen molar-refractivity contribution in [2.24, 2.45) is 0 Å². The van der Waals surface area contributed by atoms with Gasteiger partial charge in [0.1, 0.15) is 6.61 Å². The van der Waals surface area contributed by atoms with Crippen LogP contribution in [0.2, 0.25) is 0 Å². The number of carbonyl (C=O) groups excluding carboxylic acids is 2. The van der Waals surface area contributed by atoms with Crippen molar-refractivity contribution in [2.45, 2.75) is 6.61 Å². The van der Waals surface area contributed by atoms with E-state index in [1.54, 1.807) is 30.3 Å². The zero-order chi connectivity index (χ0) is 15.9. The number of hydrogen-bond donors (Lipinski definition) is 0. The van der Waals surface area contributed by atoms with Crippen molar-refractivity contribution in [3.05, 3.63) is 66.5 Å². The smallest absolute Gasteiger partial charge is 0.330 e. The molecule has 0 bridgehead atoms. The first-order valence-electron chi connectivity index (χ1n) is 6.42. The van der Waals surface area contributed by atoms with E-state index in [0.717, 1.165) is 17.2 Å². The van der Waals surface area contributed by atoms with E-state index < -0.39 is 11.8 Å². The second kappa shape index (κ2) is 7.17. The highest BCUT2D eigenvalue weighted by Crippen LogP contribution is 2.25. The van der Waals surface area contributed by atoms with Gasteiger partial charge < -0.3 is 9.47 Å². The first-order chi connectivity index (χ1) is 10.6. The molecule has 0 saturated heterocycles. The van der Waals surface area contributed by atoms with Crippen LogP contribution in [0.4, 0.5) is 4.39 Å². The summed E-state index contributed by atoms with van der Waals surface area (Å²) in [5, 5.41) is 0. The van der Waals surface area contributed by atoms with Crippen molar-refractivity contribution in [1.29, 1.82) is 0 Å². The van der Waals surface area contributed by atoms with Gasteiger partial charge in [-0.15, -0.1) is 0 Å². The number of benzene rings is 2. The Morgan fingerprint density at radius 1 is 1.14 bits per heavy atom. The van der Waals surface area contributed by atoms with Crippen LogP contribution in [-0.4, -0.2) is 12.4 Å². The van der Waals surface area contributed by atoms with Crippen LogP contribution in [0.5, 0.6) is 5.75 Å². The van der Waals surface area contributed by atoms with Gasteiger partial charge in [-0.1, -0.05) is 36.9 Å². The Balaban J connectivity index is 2.13. The topological polar surface area (TPSA) is 52.6 Å². The highest BCUT2D eigenvalue weighted by atomic mass is 19.1. The van der Waals surface area contributed by atoms with Crippen molar-refractivity contribution >= 4 is 12.4 Å². The molecule has 2 rings (SSSR count). The van der Waals surface area contributed by atoms with Gasteiger partial charge in [0.15, 0.2) is 11.6 Å². The Morgan fingerprint density at radius 3 is 2.41 bits per heavy atom. The summed E-state index contributed by atoms with van der Waals surface area (Å²) in [5.74, 6) is -1.22. The van der Waals surface area contributed by atoms with Crippen LogP contribution >= 0.6 is 0 Å². The fourth-order valence-electron chi connectivity index (χ4n) is 1.83. The molecular weight excluding hydrogens is 287 g/mol. The number of hydrogen-bond acceptors (Lipinski definition) is 4. The third-order valence-electron chi connectivity index (χ3n) is 2.94. The number of esters is 1. The first-order valence-corrected chi connectivity index (χ1v) is 6.42. The van der Waals surface area contributed by atoms with Gasteiger partial charge in [0.05, 0.1) is 0 Å². The van der Waals surface area contributed by atoms with E-state index in [2.05, 4.69) is 11.3 Å². The second-order valence-electron chi connectivity index (χ2n) is 4.37. The quantitative estimate of drug-likeness (QED) is 0.467. The van der Waals surface area contributed by atoms with E-state index in [1.165, 1.54) is 12.1 Å². The average molecular weight is 300 g/mol. The summed E-state index contributed by atoms with van der Waals surface area (Å²) < 4.78 is 23.1. The Bertz CT molecular complexity index is 692. The largest absolute Gasteiger partial charge is 0.458 e. The van der Waals surface area contributed by atoms with Gasteiger partial charge in [0, 0.05) is 6.08 Å². The minimum atomic E-state index is -0.617. The molecule has 5 heteroatoms. The number of carbonyl (C=O) groups is 2. The second-order valence-corrected chi connectivity index (χ2v) is 4.37. The van der Waals surface area contributed by atoms with Crippen molar-refractivity contribution in [2.75, 3.05) is 0 Å². The minimum Gasteiger partial charge on any atom is -0.458 e. The highest BCUT2D eigenvalue weighted by molar-refractivity contribution is 5.81. The maximum Gasteiger partial charge on any atom is 0.330 e. The number of ether oxygens (including phenoxy) is 2. The molecule has 0 amide bonds. The van der Waals surface area contributed by atoms with Crippen LogP contribution in [0, 0.1) is 5.82 Å². The van der Waals surface area contributed by atoms with Gasteiger partial charge in [-0.2, -0.15) is 0 Å². The van der Waals surface area contributed by atoms with Crippen LogP contribution in [0.3, 0.4) is 0 Å². The third kappa shape index (κ3) is 3.79. The van der Waals surface area contributed by atoms with Crippen LogP contribution in [0.15, 0.2) is 55.1 Å². The first kappa shape index (κ1) is 15.4. The molecule has 0 aliphatic carbocycles. The van der Waals surface area contributed by atoms with Crippen LogP contribution in [0.1, 0.15) is 5.56 Å². The van der Waals surface area contributed by atoms with Crippen molar-refractivity contribution in [3.63, 3.8) is 0 Å². The molecule has 0 fully saturated rings. The van der Waals surface area contributed by atoms with Crippen LogP contribution in [0.25, 0.3) is 11.1 Å². The molecule has 0 radical (unpaired) electrons. The molecule has 0 unspecified atom stereocenters. The SMILES string of the molecule is C=CC(=O)OCc1ccc(-c2ccc(OC=O)c(F)c2)cc1. The molecule has 0 heterocycles. The van der Waals surface area contributed by atoms with Gasteiger partial charge in [-0.3, -0.25) is 4.79 Å². The number of rotatable bonds is 6. The Labute approximate surface area is 126 Å². The zero-order valence-electron chi connectivity index (χ0n) is 11.6. The van der Waals surface area contributed by atoms with Gasteiger partial charge in [-0.05, 0) is 28.8 Å². The monoisotopic (exact) mass is 300 g/mol. The molecule has 0 spiro atoms. The molecule has 4 nitrogen and oxygen atoms in total. The van der Waals surface area contributed by atoms with Crippen LogP contribution in [-0.2, 0) is 20.9 Å². The molecule has 0 saturated carbocycles. The Hall–Kier alpha value is -2.95. The van der Waals surface area contributed by atoms with Crippen LogP contribution < -0.4 is 4.74 Å². The van der Waals surface area contributed by atoms with E-state index >= 15 is 0 Å². The zero-order valence-corrected chi connectivity index (χ0v) is 11.6. The van der Waals surface area contributed by atoms with E-state index in [4.69, 9.17) is 4.74 Å². The van der Waals surface area contributed by atoms with Gasteiger partial charge in [0.25, 0.3) is 6.47 Å². The summed E-state index contributed by atoms with van der Waals surface area (Å²) in [6.45, 7) is 3.64. The Kier molecular flexibility index (Phi) is 5.03.